The van der Waals surface area contributed by atoms with Crippen molar-refractivity contribution in [3.05, 3.63) is 34.3 Å². The minimum atomic E-state index is -1.22. The molecule has 0 saturated carbocycles. The summed E-state index contributed by atoms with van der Waals surface area (Å²) < 4.78 is -0.178. The highest BCUT2D eigenvalue weighted by Crippen LogP contribution is 2.42. The lowest BCUT2D eigenvalue weighted by molar-refractivity contribution is 0.484. The standard InChI is InChI=1S/C11H12BrCl3/c1-10(2,7-11(13,14)15)8-5-3-4-6-9(8)12/h3-6H,7H2,1-2H3. The van der Waals surface area contributed by atoms with E-state index >= 15 is 0 Å². The van der Waals surface area contributed by atoms with Gasteiger partial charge in [0.15, 0.2) is 3.79 Å². The molecule has 0 aliphatic heterocycles. The summed E-state index contributed by atoms with van der Waals surface area (Å²) in [4.78, 5) is 0. The van der Waals surface area contributed by atoms with Crippen molar-refractivity contribution in [2.75, 3.05) is 0 Å². The molecule has 0 aliphatic rings. The van der Waals surface area contributed by atoms with Crippen LogP contribution in [0.1, 0.15) is 25.8 Å². The normalized spacial score (nSPS) is 12.9. The Morgan fingerprint density at radius 3 is 2.13 bits per heavy atom. The molecular formula is C11H12BrCl3. The Labute approximate surface area is 114 Å². The van der Waals surface area contributed by atoms with Gasteiger partial charge in [-0.15, -0.1) is 0 Å². The topological polar surface area (TPSA) is 0 Å². The Bertz CT molecular complexity index is 342. The van der Waals surface area contributed by atoms with E-state index in [-0.39, 0.29) is 5.41 Å². The molecule has 0 unspecified atom stereocenters. The molecule has 0 amide bonds. The lowest BCUT2D eigenvalue weighted by Crippen LogP contribution is -2.24. The molecule has 0 radical (unpaired) electrons. The monoisotopic (exact) mass is 328 g/mol. The van der Waals surface area contributed by atoms with Crippen LogP contribution in [0.5, 0.6) is 0 Å². The first-order valence-electron chi connectivity index (χ1n) is 4.54. The number of alkyl halides is 3. The molecule has 0 saturated heterocycles. The Hall–Kier alpha value is 0.570. The van der Waals surface area contributed by atoms with Crippen molar-refractivity contribution in [3.8, 4) is 0 Å². The van der Waals surface area contributed by atoms with Crippen LogP contribution in [0, 0.1) is 0 Å². The van der Waals surface area contributed by atoms with Crippen LogP contribution in [0.25, 0.3) is 0 Å². The van der Waals surface area contributed by atoms with Gasteiger partial charge in [0.2, 0.25) is 0 Å². The molecule has 0 bridgehead atoms. The van der Waals surface area contributed by atoms with E-state index in [1.165, 1.54) is 0 Å². The van der Waals surface area contributed by atoms with Crippen molar-refractivity contribution in [3.63, 3.8) is 0 Å². The molecule has 0 spiro atoms. The molecule has 0 N–H and O–H groups in total. The van der Waals surface area contributed by atoms with Crippen LogP contribution in [0.4, 0.5) is 0 Å². The predicted molar refractivity (Wildman–Crippen MR) is 72.1 cm³/mol. The van der Waals surface area contributed by atoms with Gasteiger partial charge in [0.25, 0.3) is 0 Å². The quantitative estimate of drug-likeness (QED) is 0.629. The highest BCUT2D eigenvalue weighted by atomic mass is 79.9. The second kappa shape index (κ2) is 4.83. The van der Waals surface area contributed by atoms with Gasteiger partial charge in [-0.05, 0) is 17.0 Å². The number of hydrogen-bond donors (Lipinski definition) is 0. The van der Waals surface area contributed by atoms with E-state index in [2.05, 4.69) is 29.8 Å². The number of halogens is 4. The third-order valence-corrected chi connectivity index (χ3v) is 3.34. The van der Waals surface area contributed by atoms with Gasteiger partial charge < -0.3 is 0 Å². The zero-order valence-corrected chi connectivity index (χ0v) is 12.4. The van der Waals surface area contributed by atoms with Gasteiger partial charge in [-0.25, -0.2) is 0 Å². The third-order valence-electron chi connectivity index (χ3n) is 2.25. The van der Waals surface area contributed by atoms with Crippen LogP contribution in [-0.4, -0.2) is 3.79 Å². The van der Waals surface area contributed by atoms with Gasteiger partial charge in [-0.1, -0.05) is 82.8 Å². The van der Waals surface area contributed by atoms with Crippen LogP contribution in [0.3, 0.4) is 0 Å². The van der Waals surface area contributed by atoms with Crippen molar-refractivity contribution in [1.82, 2.24) is 0 Å². The molecule has 15 heavy (non-hydrogen) atoms. The highest BCUT2D eigenvalue weighted by Gasteiger charge is 2.33. The fourth-order valence-corrected chi connectivity index (χ4v) is 3.43. The van der Waals surface area contributed by atoms with E-state index in [0.29, 0.717) is 6.42 Å². The summed E-state index contributed by atoms with van der Waals surface area (Å²) in [5.41, 5.74) is 0.974. The SMILES string of the molecule is CC(C)(CC(Cl)(Cl)Cl)c1ccccc1Br. The molecule has 0 aliphatic carbocycles. The number of hydrogen-bond acceptors (Lipinski definition) is 0. The van der Waals surface area contributed by atoms with E-state index in [1.807, 2.05) is 24.3 Å². The van der Waals surface area contributed by atoms with Crippen molar-refractivity contribution < 1.29 is 0 Å². The van der Waals surface area contributed by atoms with Gasteiger partial charge >= 0.3 is 0 Å². The molecule has 1 aromatic carbocycles. The molecule has 1 rings (SSSR count). The minimum absolute atomic E-state index is 0.175. The molecule has 0 nitrogen and oxygen atoms in total. The Morgan fingerprint density at radius 2 is 1.67 bits per heavy atom. The van der Waals surface area contributed by atoms with Crippen LogP contribution in [0.15, 0.2) is 28.7 Å². The van der Waals surface area contributed by atoms with Crippen molar-refractivity contribution >= 4 is 50.7 Å². The lowest BCUT2D eigenvalue weighted by Gasteiger charge is -2.29. The predicted octanol–water partition coefficient (Wildman–Crippen LogP) is 5.49. The maximum Gasteiger partial charge on any atom is 0.191 e. The summed E-state index contributed by atoms with van der Waals surface area (Å²) in [7, 11) is 0. The van der Waals surface area contributed by atoms with Crippen LogP contribution < -0.4 is 0 Å². The summed E-state index contributed by atoms with van der Waals surface area (Å²) in [5, 5.41) is 0. The Kier molecular flexibility index (Phi) is 4.39. The summed E-state index contributed by atoms with van der Waals surface area (Å²) >= 11 is 21.0. The average molecular weight is 330 g/mol. The Morgan fingerprint density at radius 1 is 1.13 bits per heavy atom. The van der Waals surface area contributed by atoms with Crippen molar-refractivity contribution in [2.24, 2.45) is 0 Å². The van der Waals surface area contributed by atoms with Gasteiger partial charge in [0, 0.05) is 10.9 Å². The average Bonchev–Trinajstić information content (AvgIpc) is 1.99. The zero-order chi connectivity index (χ0) is 11.7. The first-order valence-corrected chi connectivity index (χ1v) is 6.47. The number of rotatable bonds is 2. The molecular weight excluding hydrogens is 318 g/mol. The third kappa shape index (κ3) is 4.14. The van der Waals surface area contributed by atoms with E-state index in [9.17, 15) is 0 Å². The van der Waals surface area contributed by atoms with E-state index in [1.54, 1.807) is 0 Å². The van der Waals surface area contributed by atoms with E-state index in [0.717, 1.165) is 10.0 Å². The summed E-state index contributed by atoms with van der Waals surface area (Å²) in [6.07, 6.45) is 0.479. The molecule has 4 heteroatoms. The second-order valence-electron chi connectivity index (χ2n) is 4.16. The largest absolute Gasteiger partial charge is 0.191 e. The van der Waals surface area contributed by atoms with Crippen LogP contribution in [0.2, 0.25) is 0 Å². The molecule has 0 atom stereocenters. The fourth-order valence-electron chi connectivity index (χ4n) is 1.61. The fraction of sp³-hybridized carbons (Fsp3) is 0.455. The van der Waals surface area contributed by atoms with Crippen molar-refractivity contribution in [1.29, 1.82) is 0 Å². The lowest BCUT2D eigenvalue weighted by atomic mass is 9.82. The smallest absolute Gasteiger partial charge is 0.0837 e. The Balaban J connectivity index is 3.01. The van der Waals surface area contributed by atoms with Gasteiger partial charge in [-0.3, -0.25) is 0 Å². The summed E-state index contributed by atoms with van der Waals surface area (Å²) in [5.74, 6) is 0. The first kappa shape index (κ1) is 13.6. The van der Waals surface area contributed by atoms with Crippen LogP contribution >= 0.6 is 50.7 Å². The van der Waals surface area contributed by atoms with Gasteiger partial charge in [0.05, 0.1) is 0 Å². The summed E-state index contributed by atoms with van der Waals surface area (Å²) in [6, 6.07) is 8.00. The van der Waals surface area contributed by atoms with Crippen LogP contribution in [-0.2, 0) is 5.41 Å². The number of benzene rings is 1. The molecule has 1 aromatic rings. The van der Waals surface area contributed by atoms with E-state index < -0.39 is 3.79 Å². The summed E-state index contributed by atoms with van der Waals surface area (Å²) in [6.45, 7) is 4.13. The van der Waals surface area contributed by atoms with Gasteiger partial charge in [-0.2, -0.15) is 0 Å². The minimum Gasteiger partial charge on any atom is -0.0837 e. The molecule has 0 heterocycles. The molecule has 0 aromatic heterocycles. The molecule has 84 valence electrons. The van der Waals surface area contributed by atoms with Crippen molar-refractivity contribution in [2.45, 2.75) is 29.5 Å². The van der Waals surface area contributed by atoms with E-state index in [4.69, 9.17) is 34.8 Å². The maximum absolute atomic E-state index is 5.84. The van der Waals surface area contributed by atoms with Gasteiger partial charge in [0.1, 0.15) is 0 Å². The highest BCUT2D eigenvalue weighted by molar-refractivity contribution is 9.10. The molecule has 0 fully saturated rings. The zero-order valence-electron chi connectivity index (χ0n) is 8.53. The second-order valence-corrected chi connectivity index (χ2v) is 7.53. The first-order chi connectivity index (χ1) is 6.72. The maximum atomic E-state index is 5.84.